The smallest absolute Gasteiger partial charge is 0.0964 e. The Labute approximate surface area is 112 Å². The quantitative estimate of drug-likeness (QED) is 0.775. The molecule has 0 radical (unpaired) electrons. The van der Waals surface area contributed by atoms with Crippen LogP contribution < -0.4 is 5.32 Å². The van der Waals surface area contributed by atoms with Gasteiger partial charge in [0.1, 0.15) is 0 Å². The monoisotopic (exact) mass is 270 g/mol. The summed E-state index contributed by atoms with van der Waals surface area (Å²) in [5.74, 6) is 0. The normalized spacial score (nSPS) is 23.7. The van der Waals surface area contributed by atoms with E-state index in [2.05, 4.69) is 21.9 Å². The molecule has 1 aliphatic rings. The van der Waals surface area contributed by atoms with E-state index in [1.54, 1.807) is 4.68 Å². The molecule has 0 saturated heterocycles. The zero-order valence-corrected chi connectivity index (χ0v) is 11.7. The first-order valence-corrected chi connectivity index (χ1v) is 7.86. The second-order valence-electron chi connectivity index (χ2n) is 4.80. The van der Waals surface area contributed by atoms with Crippen molar-refractivity contribution in [3.05, 3.63) is 11.9 Å². The van der Waals surface area contributed by atoms with E-state index in [1.807, 2.05) is 18.0 Å². The molecule has 1 heterocycles. The summed E-state index contributed by atoms with van der Waals surface area (Å²) in [6.07, 6.45) is 8.74. The Morgan fingerprint density at radius 3 is 3.17 bits per heavy atom. The Bertz CT molecular complexity index is 358. The molecule has 1 aromatic rings. The van der Waals surface area contributed by atoms with Crippen molar-refractivity contribution in [2.24, 2.45) is 0 Å². The highest BCUT2D eigenvalue weighted by molar-refractivity contribution is 7.99. The summed E-state index contributed by atoms with van der Waals surface area (Å²) in [5, 5.41) is 21.3. The third-order valence-corrected chi connectivity index (χ3v) is 4.52. The van der Waals surface area contributed by atoms with Crippen molar-refractivity contribution in [1.29, 1.82) is 0 Å². The maximum atomic E-state index is 8.75. The molecule has 1 saturated carbocycles. The molecule has 5 nitrogen and oxygen atoms in total. The predicted octanol–water partition coefficient (Wildman–Crippen LogP) is 1.03. The molecule has 1 fully saturated rings. The predicted molar refractivity (Wildman–Crippen MR) is 73.5 cm³/mol. The largest absolute Gasteiger partial charge is 0.396 e. The van der Waals surface area contributed by atoms with Crippen molar-refractivity contribution in [3.63, 3.8) is 0 Å². The summed E-state index contributed by atoms with van der Waals surface area (Å²) < 4.78 is 1.80. The van der Waals surface area contributed by atoms with E-state index in [1.165, 1.54) is 19.3 Å². The Kier molecular flexibility index (Phi) is 5.46. The Morgan fingerprint density at radius 1 is 1.56 bits per heavy atom. The zero-order valence-electron chi connectivity index (χ0n) is 10.9. The van der Waals surface area contributed by atoms with Crippen molar-refractivity contribution in [1.82, 2.24) is 20.3 Å². The molecule has 1 aromatic heterocycles. The van der Waals surface area contributed by atoms with Crippen LogP contribution >= 0.6 is 11.8 Å². The van der Waals surface area contributed by atoms with Gasteiger partial charge in [0.05, 0.1) is 5.69 Å². The highest BCUT2D eigenvalue weighted by Gasteiger charge is 2.23. The average molecular weight is 270 g/mol. The Balaban J connectivity index is 1.71. The van der Waals surface area contributed by atoms with E-state index in [0.29, 0.717) is 6.04 Å². The lowest BCUT2D eigenvalue weighted by Gasteiger charge is -2.10. The number of aryl methyl sites for hydroxylation is 1. The molecular weight excluding hydrogens is 248 g/mol. The van der Waals surface area contributed by atoms with Gasteiger partial charge in [-0.15, -0.1) is 5.10 Å². The fourth-order valence-electron chi connectivity index (χ4n) is 2.35. The van der Waals surface area contributed by atoms with Crippen LogP contribution in [0.3, 0.4) is 0 Å². The van der Waals surface area contributed by atoms with E-state index < -0.39 is 0 Å². The molecule has 0 amide bonds. The minimum absolute atomic E-state index is 0.200. The van der Waals surface area contributed by atoms with Crippen molar-refractivity contribution in [3.8, 4) is 0 Å². The zero-order chi connectivity index (χ0) is 12.8. The molecule has 2 rings (SSSR count). The standard InChI is InChI=1S/C12H22N4OS/c1-18-12-4-3-10(7-12)13-8-11-9-16(15-14-11)5-2-6-17/h9-10,12-13,17H,2-8H2,1H3. The van der Waals surface area contributed by atoms with Crippen LogP contribution in [0.1, 0.15) is 31.4 Å². The lowest BCUT2D eigenvalue weighted by atomic mass is 10.2. The number of thioether (sulfide) groups is 1. The topological polar surface area (TPSA) is 63.0 Å². The second-order valence-corrected chi connectivity index (χ2v) is 5.94. The summed E-state index contributed by atoms with van der Waals surface area (Å²) >= 11 is 1.98. The van der Waals surface area contributed by atoms with Crippen LogP contribution in [0.15, 0.2) is 6.20 Å². The number of hydrogen-bond donors (Lipinski definition) is 2. The van der Waals surface area contributed by atoms with Crippen LogP contribution in [0.2, 0.25) is 0 Å². The molecule has 0 aromatic carbocycles. The van der Waals surface area contributed by atoms with Gasteiger partial charge in [-0.05, 0) is 31.9 Å². The van der Waals surface area contributed by atoms with Crippen molar-refractivity contribution in [2.75, 3.05) is 12.9 Å². The SMILES string of the molecule is CSC1CCC(NCc2cn(CCCO)nn2)C1. The number of aliphatic hydroxyl groups excluding tert-OH is 1. The molecule has 1 aliphatic carbocycles. The van der Waals surface area contributed by atoms with Crippen LogP contribution in [0.4, 0.5) is 0 Å². The lowest BCUT2D eigenvalue weighted by molar-refractivity contribution is 0.276. The van der Waals surface area contributed by atoms with Crippen molar-refractivity contribution in [2.45, 2.75) is 50.1 Å². The molecule has 0 bridgehead atoms. The van der Waals surface area contributed by atoms with E-state index in [0.717, 1.165) is 30.5 Å². The van der Waals surface area contributed by atoms with Gasteiger partial charge in [0.2, 0.25) is 0 Å². The molecule has 2 unspecified atom stereocenters. The van der Waals surface area contributed by atoms with E-state index in [4.69, 9.17) is 5.11 Å². The summed E-state index contributed by atoms with van der Waals surface area (Å²) in [7, 11) is 0. The third-order valence-electron chi connectivity index (χ3n) is 3.42. The Morgan fingerprint density at radius 2 is 2.44 bits per heavy atom. The summed E-state index contributed by atoms with van der Waals surface area (Å²) in [6.45, 7) is 1.73. The minimum atomic E-state index is 0.200. The molecule has 102 valence electrons. The summed E-state index contributed by atoms with van der Waals surface area (Å²) in [4.78, 5) is 0. The highest BCUT2D eigenvalue weighted by Crippen LogP contribution is 2.28. The Hall–Kier alpha value is -0.590. The van der Waals surface area contributed by atoms with Gasteiger partial charge in [-0.25, -0.2) is 0 Å². The van der Waals surface area contributed by atoms with E-state index >= 15 is 0 Å². The van der Waals surface area contributed by atoms with E-state index in [9.17, 15) is 0 Å². The van der Waals surface area contributed by atoms with Gasteiger partial charge in [0, 0.05) is 37.2 Å². The molecule has 2 N–H and O–H groups in total. The third kappa shape index (κ3) is 3.96. The summed E-state index contributed by atoms with van der Waals surface area (Å²) in [5.41, 5.74) is 0.987. The first-order valence-electron chi connectivity index (χ1n) is 6.58. The first-order chi connectivity index (χ1) is 8.81. The highest BCUT2D eigenvalue weighted by atomic mass is 32.2. The van der Waals surface area contributed by atoms with Crippen LogP contribution in [-0.4, -0.2) is 44.3 Å². The fourth-order valence-corrected chi connectivity index (χ4v) is 3.15. The average Bonchev–Trinajstić information content (AvgIpc) is 3.03. The maximum absolute atomic E-state index is 8.75. The molecule has 18 heavy (non-hydrogen) atoms. The van der Waals surface area contributed by atoms with Gasteiger partial charge >= 0.3 is 0 Å². The maximum Gasteiger partial charge on any atom is 0.0964 e. The van der Waals surface area contributed by atoms with Gasteiger partial charge in [-0.1, -0.05) is 5.21 Å². The number of aromatic nitrogens is 3. The molecular formula is C12H22N4OS. The number of nitrogens with zero attached hydrogens (tertiary/aromatic N) is 3. The molecule has 6 heteroatoms. The van der Waals surface area contributed by atoms with Gasteiger partial charge in [0.25, 0.3) is 0 Å². The number of rotatable bonds is 7. The number of nitrogens with one attached hydrogen (secondary N) is 1. The first kappa shape index (κ1) is 13.8. The van der Waals surface area contributed by atoms with Crippen LogP contribution in [0.25, 0.3) is 0 Å². The van der Waals surface area contributed by atoms with Gasteiger partial charge in [-0.3, -0.25) is 4.68 Å². The van der Waals surface area contributed by atoms with Gasteiger partial charge in [0.15, 0.2) is 0 Å². The van der Waals surface area contributed by atoms with E-state index in [-0.39, 0.29) is 6.61 Å². The molecule has 2 atom stereocenters. The molecule has 0 spiro atoms. The number of hydrogen-bond acceptors (Lipinski definition) is 5. The molecule has 0 aliphatic heterocycles. The summed E-state index contributed by atoms with van der Waals surface area (Å²) in [6, 6.07) is 0.630. The van der Waals surface area contributed by atoms with Crippen LogP contribution in [0, 0.1) is 0 Å². The van der Waals surface area contributed by atoms with Crippen molar-refractivity contribution < 1.29 is 5.11 Å². The fraction of sp³-hybridized carbons (Fsp3) is 0.833. The lowest BCUT2D eigenvalue weighted by Crippen LogP contribution is -2.26. The second kappa shape index (κ2) is 7.11. The van der Waals surface area contributed by atoms with Crippen molar-refractivity contribution >= 4 is 11.8 Å². The van der Waals surface area contributed by atoms with Crippen LogP contribution in [0.5, 0.6) is 0 Å². The number of aliphatic hydroxyl groups is 1. The van der Waals surface area contributed by atoms with Crippen LogP contribution in [-0.2, 0) is 13.1 Å². The minimum Gasteiger partial charge on any atom is -0.396 e. The van der Waals surface area contributed by atoms with Gasteiger partial charge < -0.3 is 10.4 Å². The van der Waals surface area contributed by atoms with Gasteiger partial charge in [-0.2, -0.15) is 11.8 Å².